The molecule has 8 heteroatoms. The Hall–Kier alpha value is -2.74. The van der Waals surface area contributed by atoms with Crippen LogP contribution in [0.25, 0.3) is 4.96 Å². The molecule has 148 valence electrons. The number of thiazole rings is 1. The SMILES string of the molecule is CCOC(=O)CN(Cc1ccccc1)C(=O)c1sc2nnc(C(C)C)n2c1C. The fourth-order valence-electron chi connectivity index (χ4n) is 3.01. The van der Waals surface area contributed by atoms with E-state index in [1.807, 2.05) is 55.5 Å². The summed E-state index contributed by atoms with van der Waals surface area (Å²) in [6, 6.07) is 9.60. The number of hydrogen-bond acceptors (Lipinski definition) is 6. The molecule has 0 fully saturated rings. The number of benzene rings is 1. The van der Waals surface area contributed by atoms with Gasteiger partial charge >= 0.3 is 5.97 Å². The van der Waals surface area contributed by atoms with Crippen molar-refractivity contribution in [3.8, 4) is 0 Å². The molecule has 2 aromatic heterocycles. The van der Waals surface area contributed by atoms with Crippen molar-refractivity contribution in [3.05, 3.63) is 52.3 Å². The van der Waals surface area contributed by atoms with Gasteiger partial charge < -0.3 is 9.64 Å². The molecule has 0 unspecified atom stereocenters. The van der Waals surface area contributed by atoms with Crippen LogP contribution in [0.3, 0.4) is 0 Å². The highest BCUT2D eigenvalue weighted by Gasteiger charge is 2.26. The van der Waals surface area contributed by atoms with Crippen molar-refractivity contribution >= 4 is 28.2 Å². The fraction of sp³-hybridized carbons (Fsp3) is 0.400. The number of ether oxygens (including phenoxy) is 1. The van der Waals surface area contributed by atoms with Crippen molar-refractivity contribution in [1.29, 1.82) is 0 Å². The molecule has 2 heterocycles. The minimum atomic E-state index is -0.421. The Labute approximate surface area is 168 Å². The molecule has 0 atom stereocenters. The third-order valence-electron chi connectivity index (χ3n) is 4.36. The summed E-state index contributed by atoms with van der Waals surface area (Å²) in [7, 11) is 0. The Morgan fingerprint density at radius 3 is 2.57 bits per heavy atom. The highest BCUT2D eigenvalue weighted by atomic mass is 32.1. The van der Waals surface area contributed by atoms with Crippen LogP contribution < -0.4 is 0 Å². The molecule has 0 aliphatic carbocycles. The Bertz CT molecular complexity index is 978. The molecule has 0 saturated heterocycles. The van der Waals surface area contributed by atoms with E-state index in [0.717, 1.165) is 17.1 Å². The molecule has 0 spiro atoms. The molecule has 0 radical (unpaired) electrons. The molecule has 0 N–H and O–H groups in total. The second-order valence-corrected chi connectivity index (χ2v) is 7.78. The molecule has 0 bridgehead atoms. The van der Waals surface area contributed by atoms with E-state index in [0.29, 0.717) is 16.4 Å². The summed E-state index contributed by atoms with van der Waals surface area (Å²) in [6.45, 7) is 8.22. The van der Waals surface area contributed by atoms with E-state index in [1.54, 1.807) is 6.92 Å². The molecular weight excluding hydrogens is 376 g/mol. The number of carbonyl (C=O) groups is 2. The normalized spacial score (nSPS) is 11.2. The lowest BCUT2D eigenvalue weighted by atomic mass is 10.2. The first-order chi connectivity index (χ1) is 13.4. The minimum absolute atomic E-state index is 0.101. The smallest absolute Gasteiger partial charge is 0.325 e. The van der Waals surface area contributed by atoms with Gasteiger partial charge in [0.05, 0.1) is 6.61 Å². The summed E-state index contributed by atoms with van der Waals surface area (Å²) < 4.78 is 6.99. The molecule has 0 aliphatic heterocycles. The number of nitrogens with zero attached hydrogens (tertiary/aromatic N) is 4. The van der Waals surface area contributed by atoms with E-state index in [-0.39, 0.29) is 25.0 Å². The van der Waals surface area contributed by atoms with Crippen LogP contribution >= 0.6 is 11.3 Å². The van der Waals surface area contributed by atoms with E-state index < -0.39 is 5.97 Å². The van der Waals surface area contributed by atoms with Crippen LogP contribution in [0.1, 0.15) is 53.4 Å². The van der Waals surface area contributed by atoms with E-state index >= 15 is 0 Å². The predicted molar refractivity (Wildman–Crippen MR) is 108 cm³/mol. The van der Waals surface area contributed by atoms with Crippen LogP contribution in [-0.2, 0) is 16.1 Å². The first kappa shape index (κ1) is 20.0. The summed E-state index contributed by atoms with van der Waals surface area (Å²) in [5, 5.41) is 8.43. The van der Waals surface area contributed by atoms with Crippen LogP contribution in [0, 0.1) is 6.92 Å². The van der Waals surface area contributed by atoms with Gasteiger partial charge in [-0.1, -0.05) is 55.5 Å². The molecule has 0 saturated carbocycles. The van der Waals surface area contributed by atoms with Crippen LogP contribution in [0.2, 0.25) is 0 Å². The lowest BCUT2D eigenvalue weighted by Gasteiger charge is -2.21. The predicted octanol–water partition coefficient (Wildman–Crippen LogP) is 3.43. The second-order valence-electron chi connectivity index (χ2n) is 6.80. The third kappa shape index (κ3) is 4.06. The van der Waals surface area contributed by atoms with Crippen LogP contribution in [0.15, 0.2) is 30.3 Å². The highest BCUT2D eigenvalue weighted by Crippen LogP contribution is 2.27. The molecule has 3 aromatic rings. The molecule has 7 nitrogen and oxygen atoms in total. The maximum absolute atomic E-state index is 13.3. The first-order valence-electron chi connectivity index (χ1n) is 9.25. The Morgan fingerprint density at radius 1 is 1.21 bits per heavy atom. The van der Waals surface area contributed by atoms with Crippen LogP contribution in [0.5, 0.6) is 0 Å². The van der Waals surface area contributed by atoms with Gasteiger partial charge in [-0.25, -0.2) is 0 Å². The zero-order valence-electron chi connectivity index (χ0n) is 16.5. The number of rotatable bonds is 7. The third-order valence-corrected chi connectivity index (χ3v) is 5.48. The summed E-state index contributed by atoms with van der Waals surface area (Å²) in [6.07, 6.45) is 0. The summed E-state index contributed by atoms with van der Waals surface area (Å²) in [4.78, 5) is 28.2. The molecule has 3 rings (SSSR count). The molecular formula is C20H24N4O3S. The quantitative estimate of drug-likeness (QED) is 0.568. The van der Waals surface area contributed by atoms with E-state index in [2.05, 4.69) is 10.2 Å². The van der Waals surface area contributed by atoms with Crippen molar-refractivity contribution in [2.45, 2.75) is 40.2 Å². The van der Waals surface area contributed by atoms with E-state index in [1.165, 1.54) is 16.2 Å². The molecule has 1 amide bonds. The Kier molecular flexibility index (Phi) is 6.08. The number of amides is 1. The monoisotopic (exact) mass is 400 g/mol. The average Bonchev–Trinajstić information content (AvgIpc) is 3.22. The highest BCUT2D eigenvalue weighted by molar-refractivity contribution is 7.19. The van der Waals surface area contributed by atoms with Crippen molar-refractivity contribution in [2.75, 3.05) is 13.2 Å². The Morgan fingerprint density at radius 2 is 1.93 bits per heavy atom. The van der Waals surface area contributed by atoms with Crippen molar-refractivity contribution in [1.82, 2.24) is 19.5 Å². The summed E-state index contributed by atoms with van der Waals surface area (Å²) in [5.74, 6) is 0.379. The van der Waals surface area contributed by atoms with Gasteiger partial charge in [0.2, 0.25) is 4.96 Å². The van der Waals surface area contributed by atoms with E-state index in [9.17, 15) is 9.59 Å². The lowest BCUT2D eigenvalue weighted by Crippen LogP contribution is -2.36. The number of hydrogen-bond donors (Lipinski definition) is 0. The number of aromatic nitrogens is 3. The second kappa shape index (κ2) is 8.52. The van der Waals surface area contributed by atoms with Gasteiger partial charge in [0.15, 0.2) is 0 Å². The molecule has 28 heavy (non-hydrogen) atoms. The maximum atomic E-state index is 13.3. The van der Waals surface area contributed by atoms with Gasteiger partial charge in [0, 0.05) is 18.2 Å². The average molecular weight is 401 g/mol. The van der Waals surface area contributed by atoms with Gasteiger partial charge in [-0.2, -0.15) is 0 Å². The van der Waals surface area contributed by atoms with Gasteiger partial charge in [-0.3, -0.25) is 14.0 Å². The zero-order valence-corrected chi connectivity index (χ0v) is 17.3. The van der Waals surface area contributed by atoms with Crippen LogP contribution in [-0.4, -0.2) is 44.5 Å². The number of esters is 1. The van der Waals surface area contributed by atoms with Gasteiger partial charge in [0.25, 0.3) is 5.91 Å². The summed E-state index contributed by atoms with van der Waals surface area (Å²) >= 11 is 1.30. The largest absolute Gasteiger partial charge is 0.465 e. The number of aryl methyl sites for hydroxylation is 1. The van der Waals surface area contributed by atoms with Gasteiger partial charge in [-0.05, 0) is 19.4 Å². The fourth-order valence-corrected chi connectivity index (χ4v) is 4.05. The first-order valence-corrected chi connectivity index (χ1v) is 10.1. The number of carbonyl (C=O) groups excluding carboxylic acids is 2. The van der Waals surface area contributed by atoms with E-state index in [4.69, 9.17) is 4.74 Å². The summed E-state index contributed by atoms with van der Waals surface area (Å²) in [5.41, 5.74) is 1.74. The van der Waals surface area contributed by atoms with Crippen molar-refractivity contribution in [2.24, 2.45) is 0 Å². The number of fused-ring (bicyclic) bond motifs is 1. The van der Waals surface area contributed by atoms with Crippen molar-refractivity contribution in [3.63, 3.8) is 0 Å². The minimum Gasteiger partial charge on any atom is -0.465 e. The van der Waals surface area contributed by atoms with Gasteiger partial charge in [-0.15, -0.1) is 10.2 Å². The van der Waals surface area contributed by atoms with Crippen molar-refractivity contribution < 1.29 is 14.3 Å². The standard InChI is InChI=1S/C20H24N4O3S/c1-5-27-16(25)12-23(11-15-9-7-6-8-10-15)19(26)17-14(4)24-18(13(2)3)21-22-20(24)28-17/h6-10,13H,5,11-12H2,1-4H3. The van der Waals surface area contributed by atoms with Crippen LogP contribution in [0.4, 0.5) is 0 Å². The van der Waals surface area contributed by atoms with Gasteiger partial charge in [0.1, 0.15) is 17.2 Å². The zero-order chi connectivity index (χ0) is 20.3. The molecule has 0 aliphatic rings. The maximum Gasteiger partial charge on any atom is 0.325 e. The Balaban J connectivity index is 1.95. The molecule has 1 aromatic carbocycles. The lowest BCUT2D eigenvalue weighted by molar-refractivity contribution is -0.143. The topological polar surface area (TPSA) is 76.8 Å².